The molecule has 0 bridgehead atoms. The highest BCUT2D eigenvalue weighted by atomic mass is 32.2. The maximum absolute atomic E-state index is 12.3. The van der Waals surface area contributed by atoms with E-state index in [-0.39, 0.29) is 9.79 Å². The van der Waals surface area contributed by atoms with Crippen LogP contribution in [0.1, 0.15) is 13.8 Å². The zero-order valence-corrected chi connectivity index (χ0v) is 21.5. The van der Waals surface area contributed by atoms with E-state index in [0.29, 0.717) is 21.3 Å². The summed E-state index contributed by atoms with van der Waals surface area (Å²) < 4.78 is 80.1. The van der Waals surface area contributed by atoms with Crippen LogP contribution in [-0.4, -0.2) is 41.9 Å². The Morgan fingerprint density at radius 3 is 1.47 bits per heavy atom. The van der Waals surface area contributed by atoms with E-state index in [2.05, 4.69) is 0 Å². The molecule has 2 rings (SSSR count). The third-order valence-electron chi connectivity index (χ3n) is 3.60. The van der Waals surface area contributed by atoms with Gasteiger partial charge in [0.1, 0.15) is 9.79 Å². The fraction of sp³-hybridized carbons (Fsp3) is 0.333. The van der Waals surface area contributed by atoms with Gasteiger partial charge in [-0.15, -0.1) is 23.5 Å². The second-order valence-electron chi connectivity index (χ2n) is 5.68. The predicted molar refractivity (Wildman–Crippen MR) is 123 cm³/mol. The third-order valence-corrected chi connectivity index (χ3v) is 9.08. The standard InChI is InChI=1S/C18H23O9PS4/c1-3-29-15-9-5-7-11-17(15)31(20,21)26-13-24-28(19)25-14-27-32(22,23)18-12-8-6-10-16(18)30-4-2/h5-12,28H,3-4,13-14H2,1-2H3. The van der Waals surface area contributed by atoms with Crippen molar-refractivity contribution in [1.29, 1.82) is 0 Å². The van der Waals surface area contributed by atoms with Crippen LogP contribution in [0, 0.1) is 0 Å². The van der Waals surface area contributed by atoms with Crippen LogP contribution in [0.4, 0.5) is 0 Å². The summed E-state index contributed by atoms with van der Waals surface area (Å²) in [6, 6.07) is 12.6. The predicted octanol–water partition coefficient (Wildman–Crippen LogP) is 4.36. The van der Waals surface area contributed by atoms with Crippen LogP contribution in [0.25, 0.3) is 0 Å². The van der Waals surface area contributed by atoms with Gasteiger partial charge in [0.25, 0.3) is 20.2 Å². The molecule has 0 aromatic heterocycles. The number of benzene rings is 2. The number of hydrogen-bond donors (Lipinski definition) is 0. The topological polar surface area (TPSA) is 122 Å². The van der Waals surface area contributed by atoms with Gasteiger partial charge in [0.15, 0.2) is 13.6 Å². The lowest BCUT2D eigenvalue weighted by Gasteiger charge is -2.11. The zero-order valence-electron chi connectivity index (χ0n) is 17.3. The molecule has 0 fully saturated rings. The Morgan fingerprint density at radius 1 is 0.719 bits per heavy atom. The van der Waals surface area contributed by atoms with Crippen LogP contribution >= 0.6 is 31.8 Å². The molecule has 0 aliphatic rings. The van der Waals surface area contributed by atoms with Crippen LogP contribution in [-0.2, 0) is 42.2 Å². The Balaban J connectivity index is 1.85. The van der Waals surface area contributed by atoms with Gasteiger partial charge < -0.3 is 0 Å². The van der Waals surface area contributed by atoms with Gasteiger partial charge in [-0.05, 0) is 35.8 Å². The highest BCUT2D eigenvalue weighted by Crippen LogP contribution is 2.30. The zero-order chi connectivity index (χ0) is 23.6. The molecule has 0 heterocycles. The van der Waals surface area contributed by atoms with E-state index in [9.17, 15) is 21.4 Å². The molecular weight excluding hydrogens is 519 g/mol. The molecule has 0 saturated carbocycles. The highest BCUT2D eigenvalue weighted by Gasteiger charge is 2.21. The largest absolute Gasteiger partial charge is 0.323 e. The fourth-order valence-corrected chi connectivity index (χ4v) is 6.95. The first-order chi connectivity index (χ1) is 15.2. The van der Waals surface area contributed by atoms with Crippen LogP contribution in [0.15, 0.2) is 68.1 Å². The summed E-state index contributed by atoms with van der Waals surface area (Å²) in [5.74, 6) is 1.32. The maximum Gasteiger partial charge on any atom is 0.323 e. The van der Waals surface area contributed by atoms with E-state index >= 15 is 0 Å². The Kier molecular flexibility index (Phi) is 11.2. The highest BCUT2D eigenvalue weighted by molar-refractivity contribution is 8.00. The molecule has 2 aromatic rings. The molecule has 178 valence electrons. The minimum atomic E-state index is -4.15. The summed E-state index contributed by atoms with van der Waals surface area (Å²) in [6.07, 6.45) is 0. The van der Waals surface area contributed by atoms with Crippen molar-refractivity contribution in [3.8, 4) is 0 Å². The first kappa shape index (κ1) is 27.4. The normalized spacial score (nSPS) is 12.3. The maximum atomic E-state index is 12.3. The smallest absolute Gasteiger partial charge is 0.282 e. The second-order valence-corrected chi connectivity index (χ2v) is 12.5. The summed E-state index contributed by atoms with van der Waals surface area (Å²) >= 11 is 2.66. The van der Waals surface area contributed by atoms with Gasteiger partial charge in [0.2, 0.25) is 0 Å². The summed E-state index contributed by atoms with van der Waals surface area (Å²) in [5.41, 5.74) is 0. The molecule has 0 aliphatic carbocycles. The van der Waals surface area contributed by atoms with Crippen molar-refractivity contribution in [2.24, 2.45) is 0 Å². The molecule has 0 N–H and O–H groups in total. The number of rotatable bonds is 14. The van der Waals surface area contributed by atoms with Crippen molar-refractivity contribution in [3.63, 3.8) is 0 Å². The molecule has 14 heteroatoms. The molecule has 0 amide bonds. The molecule has 0 unspecified atom stereocenters. The molecule has 0 spiro atoms. The molecule has 0 aliphatic heterocycles. The van der Waals surface area contributed by atoms with E-state index in [1.54, 1.807) is 36.4 Å². The van der Waals surface area contributed by atoms with Gasteiger partial charge in [0.05, 0.1) is 0 Å². The SMILES string of the molecule is CCSc1ccccc1S(=O)(=O)OCO[PH](=O)OCOS(=O)(=O)c1ccccc1SCC. The van der Waals surface area contributed by atoms with Gasteiger partial charge in [-0.3, -0.25) is 13.6 Å². The lowest BCUT2D eigenvalue weighted by molar-refractivity contribution is 0.0752. The second kappa shape index (κ2) is 13.1. The summed E-state index contributed by atoms with van der Waals surface area (Å²) in [7, 11) is -11.6. The summed E-state index contributed by atoms with van der Waals surface area (Å²) in [4.78, 5) is 0.959. The van der Waals surface area contributed by atoms with E-state index in [4.69, 9.17) is 17.4 Å². The lowest BCUT2D eigenvalue weighted by Crippen LogP contribution is -2.11. The van der Waals surface area contributed by atoms with Crippen LogP contribution in [0.2, 0.25) is 0 Å². The van der Waals surface area contributed by atoms with Gasteiger partial charge >= 0.3 is 8.25 Å². The van der Waals surface area contributed by atoms with Crippen molar-refractivity contribution in [2.45, 2.75) is 33.4 Å². The number of hydrogen-bond acceptors (Lipinski definition) is 11. The van der Waals surface area contributed by atoms with Crippen molar-refractivity contribution in [2.75, 3.05) is 25.1 Å². The van der Waals surface area contributed by atoms with Gasteiger partial charge in [0, 0.05) is 9.79 Å². The molecule has 0 saturated heterocycles. The molecule has 0 radical (unpaired) electrons. The Morgan fingerprint density at radius 2 is 1.09 bits per heavy atom. The van der Waals surface area contributed by atoms with Gasteiger partial charge in [-0.1, -0.05) is 38.1 Å². The lowest BCUT2D eigenvalue weighted by atomic mass is 10.4. The quantitative estimate of drug-likeness (QED) is 0.146. The van der Waals surface area contributed by atoms with Crippen molar-refractivity contribution in [1.82, 2.24) is 0 Å². The van der Waals surface area contributed by atoms with E-state index in [0.717, 1.165) is 0 Å². The first-order valence-corrected chi connectivity index (χ1v) is 15.2. The third kappa shape index (κ3) is 8.15. The summed E-state index contributed by atoms with van der Waals surface area (Å²) in [6.45, 7) is 2.03. The van der Waals surface area contributed by atoms with E-state index in [1.165, 1.54) is 35.7 Å². The molecule has 32 heavy (non-hydrogen) atoms. The average molecular weight is 543 g/mol. The molecule has 2 aromatic carbocycles. The Bertz CT molecular complexity index is 1030. The monoisotopic (exact) mass is 542 g/mol. The van der Waals surface area contributed by atoms with Crippen LogP contribution in [0.5, 0.6) is 0 Å². The van der Waals surface area contributed by atoms with Crippen molar-refractivity contribution >= 4 is 52.0 Å². The minimum absolute atomic E-state index is 0.0333. The Hall–Kier alpha value is -0.890. The molecular formula is C18H23O9PS4. The minimum Gasteiger partial charge on any atom is -0.282 e. The van der Waals surface area contributed by atoms with E-state index in [1.807, 2.05) is 13.8 Å². The molecule has 0 atom stereocenters. The number of thioether (sulfide) groups is 2. The van der Waals surface area contributed by atoms with Crippen molar-refractivity contribution in [3.05, 3.63) is 48.5 Å². The first-order valence-electron chi connectivity index (χ1n) is 9.23. The average Bonchev–Trinajstić information content (AvgIpc) is 2.74. The van der Waals surface area contributed by atoms with E-state index < -0.39 is 42.1 Å². The molecule has 9 nitrogen and oxygen atoms in total. The van der Waals surface area contributed by atoms with Crippen LogP contribution < -0.4 is 0 Å². The summed E-state index contributed by atoms with van der Waals surface area (Å²) in [5, 5.41) is 0. The van der Waals surface area contributed by atoms with Gasteiger partial charge in [-0.2, -0.15) is 16.8 Å². The van der Waals surface area contributed by atoms with Crippen LogP contribution in [0.3, 0.4) is 0 Å². The van der Waals surface area contributed by atoms with Gasteiger partial charge in [-0.25, -0.2) is 8.37 Å². The Labute approximate surface area is 197 Å². The fourth-order valence-electron chi connectivity index (χ4n) is 2.30. The van der Waals surface area contributed by atoms with Crippen molar-refractivity contribution < 1.29 is 38.8 Å².